The zero-order chi connectivity index (χ0) is 13.4. The summed E-state index contributed by atoms with van der Waals surface area (Å²) in [6, 6.07) is 0. The quantitative estimate of drug-likeness (QED) is 0.716. The fraction of sp³-hybridized carbons (Fsp3) is 0.667. The lowest BCUT2D eigenvalue weighted by Gasteiger charge is -2.13. The van der Waals surface area contributed by atoms with Crippen molar-refractivity contribution in [3.8, 4) is 0 Å². The van der Waals surface area contributed by atoms with Gasteiger partial charge in [0.2, 0.25) is 0 Å². The first-order valence-corrected chi connectivity index (χ1v) is 7.10. The standard InChI is InChI=1S/C15H27N3/c1-5-7-16-10-14(13(3)4)9-15-11-17-12-18(15)8-6-2/h9,11-13,16H,5-8,10H2,1-4H3. The molecule has 0 spiro atoms. The molecule has 3 heteroatoms. The number of nitrogens with one attached hydrogen (secondary N) is 1. The van der Waals surface area contributed by atoms with Crippen LogP contribution in [0.15, 0.2) is 18.1 Å². The van der Waals surface area contributed by atoms with Crippen molar-refractivity contribution in [2.24, 2.45) is 5.92 Å². The molecule has 0 aromatic carbocycles. The van der Waals surface area contributed by atoms with Crippen LogP contribution in [0, 0.1) is 5.92 Å². The third-order valence-electron chi connectivity index (χ3n) is 3.04. The van der Waals surface area contributed by atoms with E-state index in [1.54, 1.807) is 0 Å². The van der Waals surface area contributed by atoms with Gasteiger partial charge in [0.25, 0.3) is 0 Å². The molecular formula is C15H27N3. The van der Waals surface area contributed by atoms with Crippen molar-refractivity contribution in [1.29, 1.82) is 0 Å². The summed E-state index contributed by atoms with van der Waals surface area (Å²) in [5.74, 6) is 0.569. The molecule has 0 radical (unpaired) electrons. The zero-order valence-electron chi connectivity index (χ0n) is 12.2. The van der Waals surface area contributed by atoms with Crippen molar-refractivity contribution in [2.45, 2.75) is 47.1 Å². The fourth-order valence-electron chi connectivity index (χ4n) is 1.90. The highest BCUT2D eigenvalue weighted by Crippen LogP contribution is 2.14. The van der Waals surface area contributed by atoms with E-state index in [1.165, 1.54) is 17.7 Å². The Morgan fingerprint density at radius 3 is 2.78 bits per heavy atom. The third-order valence-corrected chi connectivity index (χ3v) is 3.04. The van der Waals surface area contributed by atoms with E-state index >= 15 is 0 Å². The van der Waals surface area contributed by atoms with E-state index in [-0.39, 0.29) is 0 Å². The van der Waals surface area contributed by atoms with Crippen LogP contribution in [0.2, 0.25) is 0 Å². The molecule has 0 aliphatic heterocycles. The topological polar surface area (TPSA) is 29.9 Å². The summed E-state index contributed by atoms with van der Waals surface area (Å²) in [5, 5.41) is 3.48. The van der Waals surface area contributed by atoms with Crippen LogP contribution in [0.25, 0.3) is 6.08 Å². The maximum absolute atomic E-state index is 4.25. The number of aryl methyl sites for hydroxylation is 1. The monoisotopic (exact) mass is 249 g/mol. The van der Waals surface area contributed by atoms with Crippen molar-refractivity contribution < 1.29 is 0 Å². The van der Waals surface area contributed by atoms with Gasteiger partial charge in [-0.3, -0.25) is 0 Å². The van der Waals surface area contributed by atoms with Crippen molar-refractivity contribution in [2.75, 3.05) is 13.1 Å². The Balaban J connectivity index is 2.76. The van der Waals surface area contributed by atoms with E-state index in [2.05, 4.69) is 48.6 Å². The van der Waals surface area contributed by atoms with E-state index in [9.17, 15) is 0 Å². The van der Waals surface area contributed by atoms with Crippen LogP contribution in [0.4, 0.5) is 0 Å². The highest BCUT2D eigenvalue weighted by molar-refractivity contribution is 5.49. The molecule has 0 aliphatic carbocycles. The van der Waals surface area contributed by atoms with Gasteiger partial charge in [-0.05, 0) is 31.4 Å². The Kier molecular flexibility index (Phi) is 6.73. The summed E-state index contributed by atoms with van der Waals surface area (Å²) in [4.78, 5) is 4.25. The number of rotatable bonds is 8. The van der Waals surface area contributed by atoms with Crippen LogP contribution in [0.5, 0.6) is 0 Å². The van der Waals surface area contributed by atoms with Gasteiger partial charge in [0, 0.05) is 13.1 Å². The Morgan fingerprint density at radius 2 is 2.17 bits per heavy atom. The van der Waals surface area contributed by atoms with E-state index < -0.39 is 0 Å². The lowest BCUT2D eigenvalue weighted by Crippen LogP contribution is -2.20. The molecule has 0 saturated heterocycles. The third kappa shape index (κ3) is 4.65. The van der Waals surface area contributed by atoms with Crippen molar-refractivity contribution in [1.82, 2.24) is 14.9 Å². The summed E-state index contributed by atoms with van der Waals surface area (Å²) in [5.41, 5.74) is 2.67. The molecule has 0 fully saturated rings. The van der Waals surface area contributed by atoms with Crippen LogP contribution < -0.4 is 5.32 Å². The molecule has 1 aromatic rings. The molecule has 0 bridgehead atoms. The second-order valence-corrected chi connectivity index (χ2v) is 5.06. The Bertz CT molecular complexity index is 364. The predicted octanol–water partition coefficient (Wildman–Crippen LogP) is 3.33. The average molecular weight is 249 g/mol. The molecule has 1 aromatic heterocycles. The van der Waals surface area contributed by atoms with Crippen molar-refractivity contribution >= 4 is 6.08 Å². The van der Waals surface area contributed by atoms with Gasteiger partial charge in [-0.15, -0.1) is 0 Å². The van der Waals surface area contributed by atoms with E-state index in [0.717, 1.165) is 26.1 Å². The van der Waals surface area contributed by atoms with Crippen LogP contribution in [0.3, 0.4) is 0 Å². The maximum Gasteiger partial charge on any atom is 0.0950 e. The van der Waals surface area contributed by atoms with E-state index in [1.807, 2.05) is 12.5 Å². The molecule has 102 valence electrons. The van der Waals surface area contributed by atoms with E-state index in [0.29, 0.717) is 5.92 Å². The average Bonchev–Trinajstić information content (AvgIpc) is 2.76. The Morgan fingerprint density at radius 1 is 1.39 bits per heavy atom. The number of imidazole rings is 1. The molecule has 0 amide bonds. The smallest absolute Gasteiger partial charge is 0.0950 e. The van der Waals surface area contributed by atoms with E-state index in [4.69, 9.17) is 0 Å². The number of nitrogens with zero attached hydrogens (tertiary/aromatic N) is 2. The molecule has 1 N–H and O–H groups in total. The summed E-state index contributed by atoms with van der Waals surface area (Å²) in [7, 11) is 0. The predicted molar refractivity (Wildman–Crippen MR) is 78.5 cm³/mol. The van der Waals surface area contributed by atoms with Crippen molar-refractivity contribution in [3.63, 3.8) is 0 Å². The zero-order valence-corrected chi connectivity index (χ0v) is 12.2. The highest BCUT2D eigenvalue weighted by atomic mass is 15.0. The summed E-state index contributed by atoms with van der Waals surface area (Å²) in [6.45, 7) is 12.0. The van der Waals surface area contributed by atoms with Gasteiger partial charge in [0.1, 0.15) is 0 Å². The van der Waals surface area contributed by atoms with Gasteiger partial charge >= 0.3 is 0 Å². The lowest BCUT2D eigenvalue weighted by atomic mass is 10.0. The van der Waals surface area contributed by atoms with Gasteiger partial charge in [-0.2, -0.15) is 0 Å². The minimum atomic E-state index is 0.569. The number of aromatic nitrogens is 2. The summed E-state index contributed by atoms with van der Waals surface area (Å²) in [6.07, 6.45) is 8.49. The normalized spacial score (nSPS) is 12.4. The first-order chi connectivity index (χ1) is 8.69. The second-order valence-electron chi connectivity index (χ2n) is 5.06. The summed E-state index contributed by atoms with van der Waals surface area (Å²) < 4.78 is 2.22. The molecule has 0 atom stereocenters. The van der Waals surface area contributed by atoms with Crippen LogP contribution in [0.1, 0.15) is 46.2 Å². The van der Waals surface area contributed by atoms with Gasteiger partial charge < -0.3 is 9.88 Å². The maximum atomic E-state index is 4.25. The minimum absolute atomic E-state index is 0.569. The van der Waals surface area contributed by atoms with Crippen LogP contribution >= 0.6 is 0 Å². The van der Waals surface area contributed by atoms with Crippen LogP contribution in [-0.2, 0) is 6.54 Å². The summed E-state index contributed by atoms with van der Waals surface area (Å²) >= 11 is 0. The number of hydrogen-bond acceptors (Lipinski definition) is 2. The molecule has 0 unspecified atom stereocenters. The second kappa shape index (κ2) is 8.09. The lowest BCUT2D eigenvalue weighted by molar-refractivity contribution is 0.651. The molecule has 0 saturated carbocycles. The van der Waals surface area contributed by atoms with Gasteiger partial charge in [-0.25, -0.2) is 4.98 Å². The molecule has 1 rings (SSSR count). The largest absolute Gasteiger partial charge is 0.331 e. The van der Waals surface area contributed by atoms with Gasteiger partial charge in [0.05, 0.1) is 18.2 Å². The van der Waals surface area contributed by atoms with Crippen molar-refractivity contribution in [3.05, 3.63) is 23.8 Å². The van der Waals surface area contributed by atoms with Gasteiger partial charge in [0.15, 0.2) is 0 Å². The SMILES string of the molecule is CCCNCC(=Cc1cncn1CCC)C(C)C. The fourth-order valence-corrected chi connectivity index (χ4v) is 1.90. The highest BCUT2D eigenvalue weighted by Gasteiger charge is 2.05. The first kappa shape index (κ1) is 15.0. The Labute approximate surface area is 111 Å². The van der Waals surface area contributed by atoms with Gasteiger partial charge in [-0.1, -0.05) is 33.3 Å². The molecule has 18 heavy (non-hydrogen) atoms. The van der Waals surface area contributed by atoms with Crippen LogP contribution in [-0.4, -0.2) is 22.6 Å². The molecular weight excluding hydrogens is 222 g/mol. The molecule has 3 nitrogen and oxygen atoms in total. The first-order valence-electron chi connectivity index (χ1n) is 7.10. The Hall–Kier alpha value is -1.09. The molecule has 1 heterocycles. The molecule has 0 aliphatic rings. The number of hydrogen-bond donors (Lipinski definition) is 1. The minimum Gasteiger partial charge on any atom is -0.331 e.